The largest absolute Gasteiger partial charge is 0.345 e. The van der Waals surface area contributed by atoms with Gasteiger partial charge in [0.1, 0.15) is 6.04 Å². The van der Waals surface area contributed by atoms with E-state index in [1.807, 2.05) is 12.1 Å². The highest BCUT2D eigenvalue weighted by atomic mass is 79.9. The molecule has 2 amide bonds. The molecule has 0 aliphatic carbocycles. The smallest absolute Gasteiger partial charge is 0.247 e. The number of benzene rings is 1. The third-order valence-corrected chi connectivity index (χ3v) is 3.75. The maximum atomic E-state index is 11.9. The second-order valence-electron chi connectivity index (χ2n) is 3.75. The fraction of sp³-hybridized carbons (Fsp3) is 0.273. The minimum Gasteiger partial charge on any atom is -0.345 e. The minimum absolute atomic E-state index is 0.0473. The second-order valence-corrected chi connectivity index (χ2v) is 5.52. The number of carbonyl (C=O) groups is 2. The Morgan fingerprint density at radius 1 is 1.35 bits per heavy atom. The van der Waals surface area contributed by atoms with Gasteiger partial charge in [-0.05, 0) is 41.1 Å². The van der Waals surface area contributed by atoms with E-state index in [0.29, 0.717) is 5.69 Å². The molecule has 0 radical (unpaired) electrons. The number of anilines is 1. The lowest BCUT2D eigenvalue weighted by Crippen LogP contribution is -2.57. The van der Waals surface area contributed by atoms with Gasteiger partial charge in [0.05, 0.1) is 12.2 Å². The summed E-state index contributed by atoms with van der Waals surface area (Å²) in [6.45, 7) is 1.76. The number of nitrogens with zero attached hydrogens (tertiary/aromatic N) is 1. The summed E-state index contributed by atoms with van der Waals surface area (Å²) < 4.78 is 1.69. The Bertz CT molecular complexity index is 490. The number of hydrogen-bond donors (Lipinski definition) is 1. The molecule has 6 heteroatoms. The van der Waals surface area contributed by atoms with Crippen LogP contribution in [0.3, 0.4) is 0 Å². The Balaban J connectivity index is 2.43. The molecule has 0 spiro atoms. The van der Waals surface area contributed by atoms with Crippen LogP contribution >= 0.6 is 31.9 Å². The van der Waals surface area contributed by atoms with Crippen LogP contribution in [0.25, 0.3) is 0 Å². The van der Waals surface area contributed by atoms with E-state index in [0.717, 1.165) is 8.95 Å². The SMILES string of the molecule is CC1C(=O)NCC(=O)N1c1ccc(Br)cc1Br. The van der Waals surface area contributed by atoms with E-state index < -0.39 is 6.04 Å². The Morgan fingerprint density at radius 3 is 2.71 bits per heavy atom. The molecule has 1 fully saturated rings. The second kappa shape index (κ2) is 4.78. The van der Waals surface area contributed by atoms with E-state index >= 15 is 0 Å². The molecular weight excluding hydrogens is 352 g/mol. The van der Waals surface area contributed by atoms with Crippen molar-refractivity contribution in [3.05, 3.63) is 27.1 Å². The van der Waals surface area contributed by atoms with Gasteiger partial charge >= 0.3 is 0 Å². The Labute approximate surface area is 116 Å². The summed E-state index contributed by atoms with van der Waals surface area (Å²) in [5.74, 6) is -0.250. The molecule has 0 bridgehead atoms. The van der Waals surface area contributed by atoms with Crippen molar-refractivity contribution in [2.45, 2.75) is 13.0 Å². The molecule has 1 N–H and O–H groups in total. The zero-order valence-corrected chi connectivity index (χ0v) is 12.2. The molecule has 1 saturated heterocycles. The minimum atomic E-state index is -0.492. The maximum absolute atomic E-state index is 11.9. The fourth-order valence-electron chi connectivity index (χ4n) is 1.75. The number of carbonyl (C=O) groups excluding carboxylic acids is 2. The monoisotopic (exact) mass is 360 g/mol. The van der Waals surface area contributed by atoms with Crippen molar-refractivity contribution in [3.8, 4) is 0 Å². The molecule has 1 aromatic carbocycles. The number of rotatable bonds is 1. The lowest BCUT2D eigenvalue weighted by Gasteiger charge is -2.33. The molecule has 0 saturated carbocycles. The molecule has 2 rings (SSSR count). The number of hydrogen-bond acceptors (Lipinski definition) is 2. The average molecular weight is 362 g/mol. The van der Waals surface area contributed by atoms with Crippen LogP contribution in [0.5, 0.6) is 0 Å². The van der Waals surface area contributed by atoms with Crippen LogP contribution in [-0.2, 0) is 9.59 Å². The summed E-state index contributed by atoms with van der Waals surface area (Å²) in [7, 11) is 0. The van der Waals surface area contributed by atoms with Gasteiger partial charge < -0.3 is 5.32 Å². The first-order valence-electron chi connectivity index (χ1n) is 5.05. The Hall–Kier alpha value is -0.880. The predicted octanol–water partition coefficient (Wildman–Crippen LogP) is 2.06. The van der Waals surface area contributed by atoms with Crippen molar-refractivity contribution in [1.29, 1.82) is 0 Å². The van der Waals surface area contributed by atoms with E-state index in [1.165, 1.54) is 4.90 Å². The number of amides is 2. The van der Waals surface area contributed by atoms with Crippen LogP contribution in [0.2, 0.25) is 0 Å². The maximum Gasteiger partial charge on any atom is 0.247 e. The van der Waals surface area contributed by atoms with Crippen molar-refractivity contribution < 1.29 is 9.59 Å². The molecule has 1 aromatic rings. The standard InChI is InChI=1S/C11H10Br2N2O2/c1-6-11(17)14-5-10(16)15(6)9-3-2-7(12)4-8(9)13/h2-4,6H,5H2,1H3,(H,14,17). The van der Waals surface area contributed by atoms with Gasteiger partial charge in [0.2, 0.25) is 11.8 Å². The number of nitrogens with one attached hydrogen (secondary N) is 1. The van der Waals surface area contributed by atoms with Crippen molar-refractivity contribution in [2.24, 2.45) is 0 Å². The van der Waals surface area contributed by atoms with E-state index in [1.54, 1.807) is 13.0 Å². The average Bonchev–Trinajstić information content (AvgIpc) is 2.27. The predicted molar refractivity (Wildman–Crippen MR) is 71.8 cm³/mol. The summed E-state index contributed by atoms with van der Waals surface area (Å²) >= 11 is 6.75. The van der Waals surface area contributed by atoms with Gasteiger partial charge in [-0.3, -0.25) is 14.5 Å². The van der Waals surface area contributed by atoms with E-state index in [2.05, 4.69) is 37.2 Å². The van der Waals surface area contributed by atoms with E-state index in [-0.39, 0.29) is 18.4 Å². The van der Waals surface area contributed by atoms with Gasteiger partial charge in [-0.2, -0.15) is 0 Å². The summed E-state index contributed by atoms with van der Waals surface area (Å²) in [6, 6.07) is 5.00. The van der Waals surface area contributed by atoms with Gasteiger partial charge in [0.15, 0.2) is 0 Å². The normalized spacial score (nSPS) is 20.4. The molecule has 1 heterocycles. The van der Waals surface area contributed by atoms with Crippen LogP contribution in [0.1, 0.15) is 6.92 Å². The lowest BCUT2D eigenvalue weighted by molar-refractivity contribution is -0.130. The van der Waals surface area contributed by atoms with Crippen LogP contribution < -0.4 is 10.2 Å². The molecule has 0 aromatic heterocycles. The van der Waals surface area contributed by atoms with Gasteiger partial charge in [-0.15, -0.1) is 0 Å². The molecule has 1 aliphatic heterocycles. The van der Waals surface area contributed by atoms with E-state index in [9.17, 15) is 9.59 Å². The van der Waals surface area contributed by atoms with Crippen molar-refractivity contribution >= 4 is 49.4 Å². The highest BCUT2D eigenvalue weighted by Crippen LogP contribution is 2.31. The first kappa shape index (κ1) is 12.6. The van der Waals surface area contributed by atoms with Crippen molar-refractivity contribution in [3.63, 3.8) is 0 Å². The quantitative estimate of drug-likeness (QED) is 0.832. The third kappa shape index (κ3) is 2.37. The van der Waals surface area contributed by atoms with E-state index in [4.69, 9.17) is 0 Å². The van der Waals surface area contributed by atoms with Crippen LogP contribution in [0.15, 0.2) is 27.1 Å². The molecule has 90 valence electrons. The van der Waals surface area contributed by atoms with Gasteiger partial charge in [-0.25, -0.2) is 0 Å². The van der Waals surface area contributed by atoms with Crippen LogP contribution in [-0.4, -0.2) is 24.4 Å². The summed E-state index contributed by atoms with van der Waals surface area (Å²) in [5, 5.41) is 2.56. The lowest BCUT2D eigenvalue weighted by atomic mass is 10.1. The molecule has 1 atom stereocenters. The highest BCUT2D eigenvalue weighted by Gasteiger charge is 2.32. The molecule has 4 nitrogen and oxygen atoms in total. The summed E-state index contributed by atoms with van der Waals surface area (Å²) in [4.78, 5) is 24.9. The van der Waals surface area contributed by atoms with Gasteiger partial charge in [0.25, 0.3) is 0 Å². The van der Waals surface area contributed by atoms with Gasteiger partial charge in [0, 0.05) is 8.95 Å². The fourth-order valence-corrected chi connectivity index (χ4v) is 2.99. The summed E-state index contributed by atoms with van der Waals surface area (Å²) in [5.41, 5.74) is 0.709. The van der Waals surface area contributed by atoms with Crippen LogP contribution in [0.4, 0.5) is 5.69 Å². The topological polar surface area (TPSA) is 49.4 Å². The van der Waals surface area contributed by atoms with Gasteiger partial charge in [-0.1, -0.05) is 15.9 Å². The highest BCUT2D eigenvalue weighted by molar-refractivity contribution is 9.11. The molecule has 17 heavy (non-hydrogen) atoms. The first-order valence-corrected chi connectivity index (χ1v) is 6.64. The van der Waals surface area contributed by atoms with Crippen molar-refractivity contribution in [2.75, 3.05) is 11.4 Å². The zero-order chi connectivity index (χ0) is 12.6. The number of halogens is 2. The number of piperazine rings is 1. The van der Waals surface area contributed by atoms with Crippen LogP contribution in [0, 0.1) is 0 Å². The summed E-state index contributed by atoms with van der Waals surface area (Å²) in [6.07, 6.45) is 0. The zero-order valence-electron chi connectivity index (χ0n) is 9.04. The molecular formula is C11H10Br2N2O2. The van der Waals surface area contributed by atoms with Crippen molar-refractivity contribution in [1.82, 2.24) is 5.32 Å². The molecule has 1 unspecified atom stereocenters. The Kier molecular flexibility index (Phi) is 3.53. The third-order valence-electron chi connectivity index (χ3n) is 2.62. The first-order chi connectivity index (χ1) is 8.00. The Morgan fingerprint density at radius 2 is 2.06 bits per heavy atom. The molecule has 1 aliphatic rings.